The molecule has 1 aromatic heterocycles. The van der Waals surface area contributed by atoms with E-state index in [0.29, 0.717) is 43.5 Å². The van der Waals surface area contributed by atoms with Crippen LogP contribution in [0.3, 0.4) is 0 Å². The lowest BCUT2D eigenvalue weighted by atomic mass is 10.0. The Labute approximate surface area is 188 Å². The molecule has 0 N–H and O–H groups in total. The molecular formula is C21H18Cl2N4O2S. The number of aromatic nitrogens is 3. The number of nitrogens with zero attached hydrogens (tertiary/aromatic N) is 4. The highest BCUT2D eigenvalue weighted by molar-refractivity contribution is 7.99. The van der Waals surface area contributed by atoms with Crippen LogP contribution in [0.5, 0.6) is 5.88 Å². The predicted octanol–water partition coefficient (Wildman–Crippen LogP) is 4.23. The monoisotopic (exact) mass is 460 g/mol. The molecule has 0 spiro atoms. The minimum Gasteiger partial charge on any atom is -0.854 e. The third-order valence-corrected chi connectivity index (χ3v) is 6.20. The maximum Gasteiger partial charge on any atom is 0.295 e. The number of fused-ring (bicyclic) bond motifs is 3. The lowest BCUT2D eigenvalue weighted by Crippen LogP contribution is -2.59. The molecule has 3 aromatic rings. The van der Waals surface area contributed by atoms with Crippen molar-refractivity contribution in [1.82, 2.24) is 10.1 Å². The molecule has 2 heterocycles. The van der Waals surface area contributed by atoms with Gasteiger partial charge >= 0.3 is 0 Å². The molecule has 1 aliphatic heterocycles. The molecule has 9 heteroatoms. The number of amides is 1. The van der Waals surface area contributed by atoms with Crippen LogP contribution in [0.2, 0.25) is 10.0 Å². The van der Waals surface area contributed by atoms with Crippen molar-refractivity contribution in [3.63, 3.8) is 0 Å². The van der Waals surface area contributed by atoms with Gasteiger partial charge in [-0.15, -0.1) is 0 Å². The molecule has 1 amide bonds. The van der Waals surface area contributed by atoms with Gasteiger partial charge in [0.1, 0.15) is 0 Å². The van der Waals surface area contributed by atoms with Gasteiger partial charge < -0.3 is 5.11 Å². The third-order valence-electron chi connectivity index (χ3n) is 4.82. The zero-order chi connectivity index (χ0) is 21.4. The first-order valence-corrected chi connectivity index (χ1v) is 11.2. The van der Waals surface area contributed by atoms with E-state index in [0.717, 1.165) is 0 Å². The number of hydrogen-bond donors (Lipinski definition) is 0. The zero-order valence-electron chi connectivity index (χ0n) is 16.3. The van der Waals surface area contributed by atoms with Crippen LogP contribution in [0.4, 0.5) is 5.69 Å². The first-order valence-electron chi connectivity index (χ1n) is 9.46. The average molecular weight is 461 g/mol. The lowest BCUT2D eigenvalue weighted by molar-refractivity contribution is -0.764. The van der Waals surface area contributed by atoms with Gasteiger partial charge in [-0.1, -0.05) is 71.7 Å². The number of thioether (sulfide) groups is 1. The second-order valence-corrected chi connectivity index (χ2v) is 8.61. The number of carbonyl (C=O) groups excluding carboxylic acids is 1. The van der Waals surface area contributed by atoms with E-state index in [9.17, 15) is 9.90 Å². The summed E-state index contributed by atoms with van der Waals surface area (Å²) < 4.78 is 1.54. The molecule has 1 atom stereocenters. The fraction of sp³-hybridized carbons (Fsp3) is 0.238. The predicted molar refractivity (Wildman–Crippen MR) is 116 cm³/mol. The van der Waals surface area contributed by atoms with Crippen molar-refractivity contribution in [2.75, 3.05) is 10.7 Å². The summed E-state index contributed by atoms with van der Waals surface area (Å²) in [7, 11) is 0. The van der Waals surface area contributed by atoms with Crippen LogP contribution >= 0.6 is 35.0 Å². The van der Waals surface area contributed by atoms with Crippen LogP contribution in [-0.2, 0) is 4.79 Å². The van der Waals surface area contributed by atoms with Gasteiger partial charge in [0.15, 0.2) is 0 Å². The summed E-state index contributed by atoms with van der Waals surface area (Å²) in [6.07, 6.45) is -0.551. The highest BCUT2D eigenvalue weighted by Gasteiger charge is 2.46. The molecule has 0 radical (unpaired) electrons. The Morgan fingerprint density at radius 3 is 2.53 bits per heavy atom. The van der Waals surface area contributed by atoms with E-state index in [4.69, 9.17) is 23.2 Å². The van der Waals surface area contributed by atoms with E-state index in [1.807, 2.05) is 19.1 Å². The average Bonchev–Trinajstić information content (AvgIpc) is 2.73. The normalized spacial score (nSPS) is 14.9. The van der Waals surface area contributed by atoms with Crippen LogP contribution in [0.1, 0.15) is 32.0 Å². The van der Waals surface area contributed by atoms with E-state index in [2.05, 4.69) is 10.1 Å². The first kappa shape index (κ1) is 20.9. The molecule has 0 saturated carbocycles. The van der Waals surface area contributed by atoms with Crippen LogP contribution in [0.25, 0.3) is 11.3 Å². The van der Waals surface area contributed by atoms with Gasteiger partial charge in [-0.25, -0.2) is 9.88 Å². The molecule has 0 aliphatic carbocycles. The second-order valence-electron chi connectivity index (χ2n) is 6.57. The molecule has 1 aliphatic rings. The molecular weight excluding hydrogens is 443 g/mol. The smallest absolute Gasteiger partial charge is 0.295 e. The number of halogens is 2. The van der Waals surface area contributed by atoms with Crippen molar-refractivity contribution in [2.45, 2.75) is 31.6 Å². The minimum absolute atomic E-state index is 0.141. The van der Waals surface area contributed by atoms with Crippen molar-refractivity contribution < 1.29 is 14.6 Å². The van der Waals surface area contributed by atoms with Gasteiger partial charge in [-0.3, -0.25) is 4.79 Å². The third kappa shape index (κ3) is 3.41. The van der Waals surface area contributed by atoms with Gasteiger partial charge in [0, 0.05) is 11.5 Å². The van der Waals surface area contributed by atoms with Gasteiger partial charge in [0.05, 0.1) is 32.7 Å². The zero-order valence-corrected chi connectivity index (χ0v) is 18.6. The number of hydrogen-bond acceptors (Lipinski definition) is 5. The van der Waals surface area contributed by atoms with Crippen molar-refractivity contribution in [3.05, 3.63) is 58.1 Å². The molecule has 6 nitrogen and oxygen atoms in total. The SMILES string of the molecule is CCSc1nc([O-])c2[n+](n1)C(c1c(Cl)cccc1Cl)N(C(=O)CC)c1ccccc1-2. The van der Waals surface area contributed by atoms with Crippen LogP contribution < -0.4 is 14.7 Å². The van der Waals surface area contributed by atoms with E-state index in [1.165, 1.54) is 16.4 Å². The lowest BCUT2D eigenvalue weighted by Gasteiger charge is -2.34. The summed E-state index contributed by atoms with van der Waals surface area (Å²) in [6, 6.07) is 12.4. The van der Waals surface area contributed by atoms with Gasteiger partial charge in [-0.05, 0) is 30.0 Å². The summed E-state index contributed by atoms with van der Waals surface area (Å²) in [5.41, 5.74) is 2.00. The van der Waals surface area contributed by atoms with Crippen molar-refractivity contribution in [1.29, 1.82) is 0 Å². The largest absolute Gasteiger partial charge is 0.854 e. The fourth-order valence-electron chi connectivity index (χ4n) is 3.58. The van der Waals surface area contributed by atoms with E-state index in [-0.39, 0.29) is 12.3 Å². The van der Waals surface area contributed by atoms with E-state index >= 15 is 0 Å². The molecule has 0 saturated heterocycles. The molecule has 2 aromatic carbocycles. The number of benzene rings is 2. The Morgan fingerprint density at radius 1 is 1.17 bits per heavy atom. The van der Waals surface area contributed by atoms with Crippen molar-refractivity contribution in [3.8, 4) is 17.1 Å². The van der Waals surface area contributed by atoms with Crippen LogP contribution in [0.15, 0.2) is 47.6 Å². The summed E-state index contributed by atoms with van der Waals surface area (Å²) in [4.78, 5) is 18.9. The van der Waals surface area contributed by atoms with Crippen molar-refractivity contribution in [2.24, 2.45) is 0 Å². The van der Waals surface area contributed by atoms with Crippen LogP contribution in [-0.4, -0.2) is 21.7 Å². The Bertz CT molecular complexity index is 1120. The Kier molecular flexibility index (Phi) is 5.86. The topological polar surface area (TPSA) is 73.0 Å². The molecule has 1 unspecified atom stereocenters. The van der Waals surface area contributed by atoms with Gasteiger partial charge in [0.25, 0.3) is 17.0 Å². The quantitative estimate of drug-likeness (QED) is 0.430. The summed E-state index contributed by atoms with van der Waals surface area (Å²) in [5.74, 6) is 0.146. The molecule has 4 rings (SSSR count). The highest BCUT2D eigenvalue weighted by Crippen LogP contribution is 2.43. The number of carbonyl (C=O) groups is 1. The number of para-hydroxylation sites is 1. The maximum absolute atomic E-state index is 13.1. The summed E-state index contributed by atoms with van der Waals surface area (Å²) >= 11 is 14.4. The summed E-state index contributed by atoms with van der Waals surface area (Å²) in [6.45, 7) is 3.74. The standard InChI is InChI=1S/C21H18Cl2N4O2S/c1-3-16(28)26-15-11-6-5-8-12(15)18-19(29)24-21(30-4-2)25-27(18)20(26)17-13(22)9-7-10-14(17)23/h5-11,20H,3-4H2,1-2H3. The molecule has 30 heavy (non-hydrogen) atoms. The number of rotatable bonds is 4. The maximum atomic E-state index is 13.1. The first-order chi connectivity index (χ1) is 14.5. The second kappa shape index (κ2) is 8.41. The van der Waals surface area contributed by atoms with Gasteiger partial charge in [0.2, 0.25) is 5.91 Å². The van der Waals surface area contributed by atoms with E-state index < -0.39 is 12.0 Å². The van der Waals surface area contributed by atoms with Crippen molar-refractivity contribution >= 4 is 46.6 Å². The van der Waals surface area contributed by atoms with Crippen LogP contribution in [0, 0.1) is 0 Å². The molecule has 0 fully saturated rings. The van der Waals surface area contributed by atoms with Gasteiger partial charge in [-0.2, -0.15) is 0 Å². The Hall–Kier alpha value is -2.35. The highest BCUT2D eigenvalue weighted by atomic mass is 35.5. The number of anilines is 1. The Morgan fingerprint density at radius 2 is 1.87 bits per heavy atom. The Balaban J connectivity index is 2.11. The molecule has 154 valence electrons. The minimum atomic E-state index is -0.810. The van der Waals surface area contributed by atoms with E-state index in [1.54, 1.807) is 42.2 Å². The summed E-state index contributed by atoms with van der Waals surface area (Å²) in [5, 5.41) is 18.8. The molecule has 0 bridgehead atoms. The fourth-order valence-corrected chi connectivity index (χ4v) is 4.73.